The van der Waals surface area contributed by atoms with E-state index in [0.717, 1.165) is 25.3 Å². The Balaban J connectivity index is 2.27. The second kappa shape index (κ2) is 4.30. The highest BCUT2D eigenvalue weighted by Gasteiger charge is 2.22. The molecule has 0 radical (unpaired) electrons. The Labute approximate surface area is 93.6 Å². The summed E-state index contributed by atoms with van der Waals surface area (Å²) in [6.07, 6.45) is 0. The maximum absolute atomic E-state index is 5.85. The molecule has 1 aliphatic rings. The molecule has 5 nitrogen and oxygen atoms in total. The SMILES string of the molecule is CN1CCNCC1c1cc(Cl)nc(N)n1. The van der Waals surface area contributed by atoms with Crippen LogP contribution in [0.2, 0.25) is 5.15 Å². The average molecular weight is 228 g/mol. The Hall–Kier alpha value is -0.910. The molecule has 3 N–H and O–H groups in total. The number of hydrogen-bond acceptors (Lipinski definition) is 5. The maximum atomic E-state index is 5.85. The second-order valence-electron chi connectivity index (χ2n) is 3.67. The fourth-order valence-corrected chi connectivity index (χ4v) is 1.96. The molecule has 1 aromatic rings. The number of nitrogens with zero attached hydrogens (tertiary/aromatic N) is 3. The van der Waals surface area contributed by atoms with Gasteiger partial charge in [-0.3, -0.25) is 4.90 Å². The van der Waals surface area contributed by atoms with E-state index in [1.807, 2.05) is 0 Å². The highest BCUT2D eigenvalue weighted by atomic mass is 35.5. The van der Waals surface area contributed by atoms with E-state index in [-0.39, 0.29) is 12.0 Å². The molecule has 0 saturated carbocycles. The van der Waals surface area contributed by atoms with Crippen LogP contribution in [0.15, 0.2) is 6.07 Å². The van der Waals surface area contributed by atoms with Crippen molar-refractivity contribution in [2.45, 2.75) is 6.04 Å². The molecule has 6 heteroatoms. The van der Waals surface area contributed by atoms with Gasteiger partial charge in [-0.1, -0.05) is 11.6 Å². The smallest absolute Gasteiger partial charge is 0.221 e. The molecule has 2 rings (SSSR count). The van der Waals surface area contributed by atoms with Crippen molar-refractivity contribution >= 4 is 17.5 Å². The van der Waals surface area contributed by atoms with Gasteiger partial charge >= 0.3 is 0 Å². The number of nitrogens with one attached hydrogen (secondary N) is 1. The summed E-state index contributed by atoms with van der Waals surface area (Å²) >= 11 is 5.85. The van der Waals surface area contributed by atoms with Crippen molar-refractivity contribution in [3.8, 4) is 0 Å². The van der Waals surface area contributed by atoms with Gasteiger partial charge in [0, 0.05) is 19.6 Å². The molecule has 15 heavy (non-hydrogen) atoms. The van der Waals surface area contributed by atoms with E-state index in [0.29, 0.717) is 5.15 Å². The minimum Gasteiger partial charge on any atom is -0.368 e. The van der Waals surface area contributed by atoms with Crippen molar-refractivity contribution in [1.82, 2.24) is 20.2 Å². The van der Waals surface area contributed by atoms with Crippen LogP contribution in [-0.4, -0.2) is 41.5 Å². The zero-order valence-corrected chi connectivity index (χ0v) is 9.33. The summed E-state index contributed by atoms with van der Waals surface area (Å²) in [7, 11) is 2.07. The van der Waals surface area contributed by atoms with E-state index in [1.165, 1.54) is 0 Å². The summed E-state index contributed by atoms with van der Waals surface area (Å²) in [5, 5.41) is 3.72. The first-order chi connectivity index (χ1) is 7.16. The maximum Gasteiger partial charge on any atom is 0.221 e. The zero-order chi connectivity index (χ0) is 10.8. The fourth-order valence-electron chi connectivity index (χ4n) is 1.76. The average Bonchev–Trinajstić information content (AvgIpc) is 2.16. The quantitative estimate of drug-likeness (QED) is 0.675. The van der Waals surface area contributed by atoms with E-state index in [1.54, 1.807) is 6.07 Å². The number of nitrogens with two attached hydrogens (primary N) is 1. The first-order valence-electron chi connectivity index (χ1n) is 4.88. The van der Waals surface area contributed by atoms with Gasteiger partial charge in [0.05, 0.1) is 11.7 Å². The van der Waals surface area contributed by atoms with Crippen LogP contribution in [0.5, 0.6) is 0 Å². The van der Waals surface area contributed by atoms with Crippen molar-refractivity contribution in [2.24, 2.45) is 0 Å². The molecule has 82 valence electrons. The summed E-state index contributed by atoms with van der Waals surface area (Å²) in [4.78, 5) is 10.3. The third-order valence-electron chi connectivity index (χ3n) is 2.58. The van der Waals surface area contributed by atoms with Crippen LogP contribution in [0.4, 0.5) is 5.95 Å². The molecule has 1 saturated heterocycles. The van der Waals surface area contributed by atoms with Gasteiger partial charge in [-0.05, 0) is 13.1 Å². The number of piperazine rings is 1. The largest absolute Gasteiger partial charge is 0.368 e. The summed E-state index contributed by atoms with van der Waals surface area (Å²) in [5.41, 5.74) is 6.44. The molecule has 0 aromatic carbocycles. The van der Waals surface area contributed by atoms with Crippen molar-refractivity contribution in [3.05, 3.63) is 16.9 Å². The fraction of sp³-hybridized carbons (Fsp3) is 0.556. The van der Waals surface area contributed by atoms with Gasteiger partial charge in [-0.25, -0.2) is 9.97 Å². The van der Waals surface area contributed by atoms with Gasteiger partial charge in [-0.15, -0.1) is 0 Å². The monoisotopic (exact) mass is 227 g/mol. The van der Waals surface area contributed by atoms with E-state index in [9.17, 15) is 0 Å². The Morgan fingerprint density at radius 1 is 1.60 bits per heavy atom. The van der Waals surface area contributed by atoms with Gasteiger partial charge < -0.3 is 11.1 Å². The molecule has 0 aliphatic carbocycles. The van der Waals surface area contributed by atoms with E-state index < -0.39 is 0 Å². The van der Waals surface area contributed by atoms with Gasteiger partial charge in [0.25, 0.3) is 0 Å². The summed E-state index contributed by atoms with van der Waals surface area (Å²) in [6, 6.07) is 1.99. The van der Waals surface area contributed by atoms with Crippen LogP contribution in [-0.2, 0) is 0 Å². The molecule has 0 bridgehead atoms. The second-order valence-corrected chi connectivity index (χ2v) is 4.06. The lowest BCUT2D eigenvalue weighted by Crippen LogP contribution is -2.44. The van der Waals surface area contributed by atoms with E-state index in [4.69, 9.17) is 17.3 Å². The van der Waals surface area contributed by atoms with Crippen molar-refractivity contribution < 1.29 is 0 Å². The van der Waals surface area contributed by atoms with Crippen LogP contribution in [0.25, 0.3) is 0 Å². The number of nitrogen functional groups attached to an aromatic ring is 1. The number of likely N-dealkylation sites (N-methyl/N-ethyl adjacent to an activating group) is 1. The lowest BCUT2D eigenvalue weighted by molar-refractivity contribution is 0.198. The van der Waals surface area contributed by atoms with Gasteiger partial charge in [0.2, 0.25) is 5.95 Å². The summed E-state index contributed by atoms with van der Waals surface area (Å²) < 4.78 is 0. The standard InChI is InChI=1S/C9H14ClN5/c1-15-3-2-12-5-7(15)6-4-8(10)14-9(11)13-6/h4,7,12H,2-3,5H2,1H3,(H2,11,13,14). The van der Waals surface area contributed by atoms with Crippen LogP contribution in [0, 0.1) is 0 Å². The number of rotatable bonds is 1. The number of aromatic nitrogens is 2. The van der Waals surface area contributed by atoms with Crippen LogP contribution in [0.3, 0.4) is 0 Å². The molecule has 0 amide bonds. The van der Waals surface area contributed by atoms with E-state index in [2.05, 4.69) is 27.2 Å². The molecule has 1 aliphatic heterocycles. The molecule has 0 spiro atoms. The third-order valence-corrected chi connectivity index (χ3v) is 2.78. The Morgan fingerprint density at radius 2 is 2.40 bits per heavy atom. The minimum absolute atomic E-state index is 0.224. The molecule has 1 fully saturated rings. The van der Waals surface area contributed by atoms with Crippen LogP contribution in [0.1, 0.15) is 11.7 Å². The van der Waals surface area contributed by atoms with Crippen molar-refractivity contribution in [2.75, 3.05) is 32.4 Å². The van der Waals surface area contributed by atoms with Crippen molar-refractivity contribution in [1.29, 1.82) is 0 Å². The molecule has 1 unspecified atom stereocenters. The Morgan fingerprint density at radius 3 is 3.07 bits per heavy atom. The van der Waals surface area contributed by atoms with Crippen LogP contribution < -0.4 is 11.1 Å². The first kappa shape index (κ1) is 10.6. The third kappa shape index (κ3) is 2.37. The lowest BCUT2D eigenvalue weighted by Gasteiger charge is -2.32. The highest BCUT2D eigenvalue weighted by molar-refractivity contribution is 6.29. The predicted octanol–water partition coefficient (Wildman–Crippen LogP) is 0.288. The molecule has 1 aromatic heterocycles. The number of halogens is 1. The van der Waals surface area contributed by atoms with Crippen molar-refractivity contribution in [3.63, 3.8) is 0 Å². The molecular formula is C9H14ClN5. The zero-order valence-electron chi connectivity index (χ0n) is 8.57. The van der Waals surface area contributed by atoms with Gasteiger partial charge in [-0.2, -0.15) is 0 Å². The van der Waals surface area contributed by atoms with Crippen LogP contribution >= 0.6 is 11.6 Å². The topological polar surface area (TPSA) is 67.1 Å². The number of hydrogen-bond donors (Lipinski definition) is 2. The normalized spacial score (nSPS) is 22.9. The Bertz CT molecular complexity index is 336. The minimum atomic E-state index is 0.224. The summed E-state index contributed by atoms with van der Waals surface area (Å²) in [5.74, 6) is 0.233. The van der Waals surface area contributed by atoms with E-state index >= 15 is 0 Å². The van der Waals surface area contributed by atoms with Gasteiger partial charge in [0.1, 0.15) is 5.15 Å². The molecule has 1 atom stereocenters. The lowest BCUT2D eigenvalue weighted by atomic mass is 10.1. The van der Waals surface area contributed by atoms with Gasteiger partial charge in [0.15, 0.2) is 0 Å². The summed E-state index contributed by atoms with van der Waals surface area (Å²) in [6.45, 7) is 2.86. The highest BCUT2D eigenvalue weighted by Crippen LogP contribution is 2.21. The first-order valence-corrected chi connectivity index (χ1v) is 5.25. The predicted molar refractivity (Wildman–Crippen MR) is 59.7 cm³/mol. The number of anilines is 1. The Kier molecular flexibility index (Phi) is 3.04. The molecule has 2 heterocycles. The molecular weight excluding hydrogens is 214 g/mol.